The van der Waals surface area contributed by atoms with E-state index in [0.717, 1.165) is 0 Å². The number of aryl methyl sites for hydroxylation is 1. The van der Waals surface area contributed by atoms with Crippen LogP contribution in [0.2, 0.25) is 0 Å². The molecule has 1 aromatic rings. The molecule has 0 aliphatic rings. The smallest absolute Gasteiger partial charge is 0.258 e. The third-order valence-electron chi connectivity index (χ3n) is 1.72. The number of nitrogens with zero attached hydrogens (tertiary/aromatic N) is 1. The van der Waals surface area contributed by atoms with Gasteiger partial charge in [0.2, 0.25) is 5.82 Å². The summed E-state index contributed by atoms with van der Waals surface area (Å²) >= 11 is 3.05. The van der Waals surface area contributed by atoms with Crippen LogP contribution < -0.4 is 0 Å². The van der Waals surface area contributed by atoms with Crippen LogP contribution in [0.1, 0.15) is 11.1 Å². The van der Waals surface area contributed by atoms with Gasteiger partial charge in [0.25, 0.3) is 0 Å². The molecule has 0 bridgehead atoms. The molecule has 70 valence electrons. The second-order valence-electron chi connectivity index (χ2n) is 2.59. The van der Waals surface area contributed by atoms with Gasteiger partial charge in [-0.05, 0) is 6.92 Å². The first kappa shape index (κ1) is 10.1. The summed E-state index contributed by atoms with van der Waals surface area (Å²) in [4.78, 5) is 9.76. The van der Waals surface area contributed by atoms with Crippen molar-refractivity contribution in [1.82, 2.24) is 0 Å². The summed E-state index contributed by atoms with van der Waals surface area (Å²) in [5.74, 6) is -0.748. The zero-order valence-corrected chi connectivity index (χ0v) is 8.47. The Morgan fingerprint density at radius 3 is 2.69 bits per heavy atom. The third-order valence-corrected chi connectivity index (χ3v) is 2.33. The highest BCUT2D eigenvalue weighted by atomic mass is 79.9. The van der Waals surface area contributed by atoms with Gasteiger partial charge in [0.1, 0.15) is 0 Å². The van der Waals surface area contributed by atoms with Crippen LogP contribution in [0.3, 0.4) is 0 Å². The van der Waals surface area contributed by atoms with Crippen molar-refractivity contribution >= 4 is 21.6 Å². The molecule has 13 heavy (non-hydrogen) atoms. The van der Waals surface area contributed by atoms with Crippen molar-refractivity contribution in [2.24, 2.45) is 0 Å². The predicted molar refractivity (Wildman–Crippen MR) is 50.4 cm³/mol. The number of hydrogen-bond donors (Lipinski definition) is 0. The molecule has 0 N–H and O–H groups in total. The fourth-order valence-electron chi connectivity index (χ4n) is 1.03. The van der Waals surface area contributed by atoms with E-state index >= 15 is 0 Å². The standard InChI is InChI=1S/C8H7BrFNO2/c1-5-2-3-6(4-9)7(10)8(5)11(12)13/h2-3H,4H2,1H3. The van der Waals surface area contributed by atoms with Crippen LogP contribution in [0.4, 0.5) is 10.1 Å². The number of nitro groups is 1. The Hall–Kier alpha value is -0.970. The van der Waals surface area contributed by atoms with Crippen molar-refractivity contribution < 1.29 is 9.31 Å². The van der Waals surface area contributed by atoms with Gasteiger partial charge in [0.15, 0.2) is 0 Å². The first-order chi connectivity index (χ1) is 6.07. The van der Waals surface area contributed by atoms with E-state index in [-0.39, 0.29) is 5.33 Å². The molecule has 0 spiro atoms. The summed E-state index contributed by atoms with van der Waals surface area (Å²) in [5.41, 5.74) is 0.210. The summed E-state index contributed by atoms with van der Waals surface area (Å²) in [7, 11) is 0. The maximum atomic E-state index is 13.3. The lowest BCUT2D eigenvalue weighted by Gasteiger charge is -2.01. The molecule has 0 unspecified atom stereocenters. The molecule has 0 saturated heterocycles. The largest absolute Gasteiger partial charge is 0.307 e. The SMILES string of the molecule is Cc1ccc(CBr)c(F)c1[N+](=O)[O-]. The van der Waals surface area contributed by atoms with E-state index in [4.69, 9.17) is 0 Å². The van der Waals surface area contributed by atoms with Gasteiger partial charge >= 0.3 is 5.69 Å². The normalized spacial score (nSPS) is 10.1. The van der Waals surface area contributed by atoms with E-state index < -0.39 is 16.4 Å². The third kappa shape index (κ3) is 1.85. The van der Waals surface area contributed by atoms with E-state index in [2.05, 4.69) is 15.9 Å². The van der Waals surface area contributed by atoms with Crippen molar-refractivity contribution in [1.29, 1.82) is 0 Å². The highest BCUT2D eigenvalue weighted by Crippen LogP contribution is 2.25. The van der Waals surface area contributed by atoms with Crippen molar-refractivity contribution in [3.63, 3.8) is 0 Å². The number of hydrogen-bond acceptors (Lipinski definition) is 2. The van der Waals surface area contributed by atoms with Crippen LogP contribution in [0.25, 0.3) is 0 Å². The van der Waals surface area contributed by atoms with E-state index in [1.165, 1.54) is 19.1 Å². The average molecular weight is 248 g/mol. The van der Waals surface area contributed by atoms with Crippen LogP contribution in [0.5, 0.6) is 0 Å². The monoisotopic (exact) mass is 247 g/mol. The van der Waals surface area contributed by atoms with E-state index in [1.807, 2.05) is 0 Å². The number of alkyl halides is 1. The maximum Gasteiger partial charge on any atom is 0.307 e. The quantitative estimate of drug-likeness (QED) is 0.458. The molecule has 3 nitrogen and oxygen atoms in total. The van der Waals surface area contributed by atoms with Gasteiger partial charge in [-0.3, -0.25) is 10.1 Å². The highest BCUT2D eigenvalue weighted by Gasteiger charge is 2.20. The van der Waals surface area contributed by atoms with E-state index in [1.54, 1.807) is 0 Å². The highest BCUT2D eigenvalue weighted by molar-refractivity contribution is 9.08. The lowest BCUT2D eigenvalue weighted by Crippen LogP contribution is -1.98. The van der Waals surface area contributed by atoms with Crippen LogP contribution in [0, 0.1) is 22.9 Å². The Bertz CT molecular complexity index is 354. The zero-order valence-electron chi connectivity index (χ0n) is 6.88. The lowest BCUT2D eigenvalue weighted by molar-refractivity contribution is -0.388. The number of benzene rings is 1. The minimum absolute atomic E-state index is 0.278. The van der Waals surface area contributed by atoms with Gasteiger partial charge in [-0.1, -0.05) is 28.1 Å². The minimum atomic E-state index is -0.748. The van der Waals surface area contributed by atoms with Crippen LogP contribution in [-0.2, 0) is 5.33 Å². The molecule has 0 saturated carbocycles. The van der Waals surface area contributed by atoms with Crippen molar-refractivity contribution in [2.45, 2.75) is 12.3 Å². The second-order valence-corrected chi connectivity index (χ2v) is 3.16. The van der Waals surface area contributed by atoms with Crippen molar-refractivity contribution in [3.05, 3.63) is 39.2 Å². The molecule has 5 heteroatoms. The predicted octanol–water partition coefficient (Wildman–Crippen LogP) is 2.94. The van der Waals surface area contributed by atoms with Crippen LogP contribution in [0.15, 0.2) is 12.1 Å². The molecular weight excluding hydrogens is 241 g/mol. The van der Waals surface area contributed by atoms with Gasteiger partial charge in [0.05, 0.1) is 4.92 Å². The molecule has 1 aromatic carbocycles. The lowest BCUT2D eigenvalue weighted by atomic mass is 10.1. The van der Waals surface area contributed by atoms with Gasteiger partial charge in [0, 0.05) is 16.5 Å². The van der Waals surface area contributed by atoms with Crippen LogP contribution in [-0.4, -0.2) is 4.92 Å². The van der Waals surface area contributed by atoms with Crippen molar-refractivity contribution in [3.8, 4) is 0 Å². The van der Waals surface area contributed by atoms with Crippen LogP contribution >= 0.6 is 15.9 Å². The molecular formula is C8H7BrFNO2. The molecule has 0 amide bonds. The Balaban J connectivity index is 3.38. The Morgan fingerprint density at radius 1 is 1.62 bits per heavy atom. The van der Waals surface area contributed by atoms with Gasteiger partial charge in [-0.15, -0.1) is 0 Å². The summed E-state index contributed by atoms with van der Waals surface area (Å²) in [5, 5.41) is 10.7. The fraction of sp³-hybridized carbons (Fsp3) is 0.250. The first-order valence-electron chi connectivity index (χ1n) is 3.56. The Labute approximate surface area is 82.8 Å². The molecule has 0 atom stereocenters. The van der Waals surface area contributed by atoms with Gasteiger partial charge in [-0.25, -0.2) is 0 Å². The molecule has 0 radical (unpaired) electrons. The Kier molecular flexibility index (Phi) is 2.98. The molecule has 0 heterocycles. The summed E-state index contributed by atoms with van der Waals surface area (Å²) in [6.07, 6.45) is 0. The maximum absolute atomic E-state index is 13.3. The number of rotatable bonds is 2. The second kappa shape index (κ2) is 3.83. The fourth-order valence-corrected chi connectivity index (χ4v) is 1.46. The van der Waals surface area contributed by atoms with Gasteiger partial charge in [-0.2, -0.15) is 4.39 Å². The molecule has 1 rings (SSSR count). The topological polar surface area (TPSA) is 43.1 Å². The van der Waals surface area contributed by atoms with Crippen molar-refractivity contribution in [2.75, 3.05) is 0 Å². The molecule has 0 aliphatic heterocycles. The zero-order chi connectivity index (χ0) is 10.0. The summed E-state index contributed by atoms with van der Waals surface area (Å²) in [6, 6.07) is 3.07. The molecule has 0 aliphatic carbocycles. The Morgan fingerprint density at radius 2 is 2.23 bits per heavy atom. The average Bonchev–Trinajstić information content (AvgIpc) is 2.04. The van der Waals surface area contributed by atoms with E-state index in [9.17, 15) is 14.5 Å². The van der Waals surface area contributed by atoms with Gasteiger partial charge < -0.3 is 0 Å². The summed E-state index contributed by atoms with van der Waals surface area (Å²) < 4.78 is 13.3. The molecule has 0 aromatic heterocycles. The molecule has 0 fully saturated rings. The summed E-state index contributed by atoms with van der Waals surface area (Å²) in [6.45, 7) is 1.51. The minimum Gasteiger partial charge on any atom is -0.258 e. The first-order valence-corrected chi connectivity index (χ1v) is 4.68. The number of halogens is 2. The van der Waals surface area contributed by atoms with E-state index in [0.29, 0.717) is 11.1 Å². The number of nitro benzene ring substituents is 1.